The van der Waals surface area contributed by atoms with Gasteiger partial charge < -0.3 is 4.42 Å². The molecule has 4 aromatic heterocycles. The van der Waals surface area contributed by atoms with E-state index in [1.54, 1.807) is 10.8 Å². The Morgan fingerprint density at radius 1 is 0.911 bits per heavy atom. The lowest BCUT2D eigenvalue weighted by atomic mass is 9.77. The van der Waals surface area contributed by atoms with Gasteiger partial charge in [-0.05, 0) is 95.9 Å². The summed E-state index contributed by atoms with van der Waals surface area (Å²) in [4.78, 5) is 5.06. The number of furan rings is 1. The molecule has 0 bridgehead atoms. The van der Waals surface area contributed by atoms with Crippen molar-refractivity contribution in [2.75, 3.05) is 0 Å². The van der Waals surface area contributed by atoms with E-state index in [1.165, 1.54) is 50.3 Å². The Morgan fingerprint density at radius 3 is 2.36 bits per heavy atom. The van der Waals surface area contributed by atoms with Gasteiger partial charge in [-0.15, -0.1) is 0 Å². The molecule has 4 nitrogen and oxygen atoms in total. The number of hydrogen-bond donors (Lipinski definition) is 0. The molecule has 2 aliphatic heterocycles. The maximum absolute atomic E-state index is 6.94. The molecular formula is C51H63N3OSi+2. The average molecular weight is 762 g/mol. The summed E-state index contributed by atoms with van der Waals surface area (Å²) < 4.78 is 12.1. The lowest BCUT2D eigenvalue weighted by molar-refractivity contribution is -0.719. The normalized spacial score (nSPS) is 17.4. The first-order chi connectivity index (χ1) is 26.5. The van der Waals surface area contributed by atoms with Gasteiger partial charge in [0.2, 0.25) is 17.1 Å². The third kappa shape index (κ3) is 7.10. The highest BCUT2D eigenvalue weighted by Gasteiger charge is 2.43. The van der Waals surface area contributed by atoms with E-state index in [9.17, 15) is 0 Å². The molecule has 56 heavy (non-hydrogen) atoms. The Morgan fingerprint density at radius 2 is 1.64 bits per heavy atom. The zero-order valence-electron chi connectivity index (χ0n) is 35.9. The van der Waals surface area contributed by atoms with E-state index in [0.717, 1.165) is 66.4 Å². The quantitative estimate of drug-likeness (QED) is 0.0996. The van der Waals surface area contributed by atoms with E-state index in [2.05, 4.69) is 157 Å². The zero-order chi connectivity index (χ0) is 39.8. The lowest BCUT2D eigenvalue weighted by Gasteiger charge is -2.33. The van der Waals surface area contributed by atoms with Crippen molar-refractivity contribution < 1.29 is 13.6 Å². The molecular weight excluding hydrogens is 699 g/mol. The Labute approximate surface area is 336 Å². The number of nitrogens with zero attached hydrogens (tertiary/aromatic N) is 3. The van der Waals surface area contributed by atoms with Gasteiger partial charge in [0.15, 0.2) is 30.6 Å². The second-order valence-electron chi connectivity index (χ2n) is 20.2. The molecule has 0 saturated carbocycles. The first-order valence-corrected chi connectivity index (χ1v) is 24.7. The van der Waals surface area contributed by atoms with Crippen LogP contribution in [0.25, 0.3) is 44.6 Å². The summed E-state index contributed by atoms with van der Waals surface area (Å²) >= 11 is 0. The second-order valence-corrected chi connectivity index (χ2v) is 25.2. The summed E-state index contributed by atoms with van der Waals surface area (Å²) in [6.07, 6.45) is 10.0. The Bertz CT molecular complexity index is 2510. The summed E-state index contributed by atoms with van der Waals surface area (Å²) in [5.74, 6) is 1.27. The van der Waals surface area contributed by atoms with Crippen LogP contribution >= 0.6 is 0 Å². The molecule has 2 unspecified atom stereocenters. The van der Waals surface area contributed by atoms with Crippen molar-refractivity contribution in [1.82, 2.24) is 4.98 Å². The van der Waals surface area contributed by atoms with Crippen molar-refractivity contribution in [3.05, 3.63) is 119 Å². The van der Waals surface area contributed by atoms with Gasteiger partial charge in [0, 0.05) is 57.3 Å². The van der Waals surface area contributed by atoms with Crippen LogP contribution in [0, 0.1) is 18.3 Å². The highest BCUT2D eigenvalue weighted by atomic mass is 28.3. The predicted octanol–water partition coefficient (Wildman–Crippen LogP) is 11.9. The van der Waals surface area contributed by atoms with Crippen LogP contribution in [0.3, 0.4) is 0 Å². The van der Waals surface area contributed by atoms with Crippen LogP contribution in [0.15, 0.2) is 89.6 Å². The number of aryl methyl sites for hydroxylation is 2. The second kappa shape index (κ2) is 14.2. The molecule has 0 saturated heterocycles. The monoisotopic (exact) mass is 761 g/mol. The minimum absolute atomic E-state index is 0.156. The number of allylic oxidation sites excluding steroid dienone is 1. The number of benzene rings is 2. The third-order valence-corrected chi connectivity index (χ3v) is 14.4. The SMILES string of the molecule is C=C1CC2C(CCc3ccc4c(oc5nc(C(C)C)ccc54)c3-c3cc(CC(C)(C)C)c(C)c[n+]3C1)c1ccccc1-c1cc(CC(C)C)c([Si](C)(C)C)c[n+]12. The van der Waals surface area contributed by atoms with Gasteiger partial charge in [-0.25, -0.2) is 4.98 Å². The molecule has 2 aromatic carbocycles. The fourth-order valence-electron chi connectivity index (χ4n) is 9.78. The maximum atomic E-state index is 6.94. The van der Waals surface area contributed by atoms with E-state index in [4.69, 9.17) is 16.0 Å². The van der Waals surface area contributed by atoms with Crippen molar-refractivity contribution in [2.24, 2.45) is 11.3 Å². The summed E-state index contributed by atoms with van der Waals surface area (Å²) in [5, 5.41) is 3.83. The van der Waals surface area contributed by atoms with Crippen LogP contribution in [0.5, 0.6) is 0 Å². The van der Waals surface area contributed by atoms with Crippen molar-refractivity contribution in [2.45, 2.75) is 132 Å². The molecule has 0 amide bonds. The van der Waals surface area contributed by atoms with Crippen molar-refractivity contribution in [3.63, 3.8) is 0 Å². The smallest absolute Gasteiger partial charge is 0.227 e. The molecule has 8 rings (SSSR count). The molecule has 0 aliphatic carbocycles. The van der Waals surface area contributed by atoms with Gasteiger partial charge >= 0.3 is 0 Å². The Hall–Kier alpha value is -4.35. The number of hydrogen-bond acceptors (Lipinski definition) is 2. The molecule has 6 heterocycles. The minimum atomic E-state index is -1.65. The number of aromatic nitrogens is 3. The Balaban J connectivity index is 1.37. The largest absolute Gasteiger partial charge is 0.437 e. The third-order valence-electron chi connectivity index (χ3n) is 12.4. The van der Waals surface area contributed by atoms with Crippen LogP contribution in [0.2, 0.25) is 19.6 Å². The van der Waals surface area contributed by atoms with Crippen molar-refractivity contribution in [1.29, 1.82) is 0 Å². The molecule has 0 spiro atoms. The van der Waals surface area contributed by atoms with E-state index in [0.29, 0.717) is 17.8 Å². The Kier molecular flexibility index (Phi) is 9.79. The fraction of sp³-hybridized carbons (Fsp3) is 0.431. The van der Waals surface area contributed by atoms with Gasteiger partial charge in [-0.1, -0.05) is 105 Å². The van der Waals surface area contributed by atoms with Gasteiger partial charge in [-0.2, -0.15) is 9.13 Å². The standard InChI is InChI=1S/C51H63N3OSi/c1-31(2)23-36-25-45-39-16-14-13-15-38(39)40-19-17-35-18-20-41-42-21-22-43(32(3)4)52-50(42)55-49(41)48(35)46-26-37(27-51(7,8)9)34(6)29-53(46)28-33(5)24-44(40)54(45)30-47(36)56(10,11)12/h13-16,18,20-22,25-26,29-32,40,44H,5,17,19,23-24,27-28H2,1-4,6-12H3/q+2. The number of fused-ring (bicyclic) bond motifs is 13. The first-order valence-electron chi connectivity index (χ1n) is 21.2. The summed E-state index contributed by atoms with van der Waals surface area (Å²) in [6.45, 7) is 31.6. The predicted molar refractivity (Wildman–Crippen MR) is 237 cm³/mol. The van der Waals surface area contributed by atoms with Gasteiger partial charge in [-0.3, -0.25) is 0 Å². The zero-order valence-corrected chi connectivity index (χ0v) is 36.9. The fourth-order valence-corrected chi connectivity index (χ4v) is 11.4. The van der Waals surface area contributed by atoms with Gasteiger partial charge in [0.05, 0.1) is 13.6 Å². The van der Waals surface area contributed by atoms with Crippen molar-refractivity contribution >= 4 is 35.3 Å². The van der Waals surface area contributed by atoms with Crippen molar-refractivity contribution in [3.8, 4) is 22.5 Å². The number of rotatable bonds is 5. The lowest BCUT2D eigenvalue weighted by Crippen LogP contribution is -2.54. The van der Waals surface area contributed by atoms with E-state index >= 15 is 0 Å². The molecule has 0 fully saturated rings. The summed E-state index contributed by atoms with van der Waals surface area (Å²) in [6, 6.07) is 23.7. The molecule has 6 aromatic rings. The average Bonchev–Trinajstić information content (AvgIpc) is 3.48. The van der Waals surface area contributed by atoms with Crippen LogP contribution in [0.4, 0.5) is 0 Å². The van der Waals surface area contributed by atoms with Crippen LogP contribution < -0.4 is 14.3 Å². The van der Waals surface area contributed by atoms with Crippen LogP contribution in [0.1, 0.15) is 113 Å². The molecule has 0 radical (unpaired) electrons. The topological polar surface area (TPSA) is 33.8 Å². The summed E-state index contributed by atoms with van der Waals surface area (Å²) in [5.41, 5.74) is 16.4. The molecule has 2 aliphatic rings. The maximum Gasteiger partial charge on any atom is 0.227 e. The molecule has 5 heteroatoms. The van der Waals surface area contributed by atoms with Gasteiger partial charge in [0.25, 0.3) is 0 Å². The van der Waals surface area contributed by atoms with E-state index in [-0.39, 0.29) is 11.5 Å². The molecule has 2 atom stereocenters. The van der Waals surface area contributed by atoms with E-state index in [1.807, 2.05) is 0 Å². The first kappa shape index (κ1) is 38.5. The highest BCUT2D eigenvalue weighted by Crippen LogP contribution is 2.45. The minimum Gasteiger partial charge on any atom is -0.437 e. The van der Waals surface area contributed by atoms with E-state index < -0.39 is 8.07 Å². The van der Waals surface area contributed by atoms with Crippen LogP contribution in [-0.4, -0.2) is 13.1 Å². The number of pyridine rings is 3. The summed E-state index contributed by atoms with van der Waals surface area (Å²) in [7, 11) is -1.65. The molecule has 290 valence electrons. The molecule has 0 N–H and O–H groups in total. The van der Waals surface area contributed by atoms with Crippen LogP contribution in [-0.2, 0) is 25.8 Å². The highest BCUT2D eigenvalue weighted by molar-refractivity contribution is 6.89. The van der Waals surface area contributed by atoms with Gasteiger partial charge in [0.1, 0.15) is 0 Å².